The van der Waals surface area contributed by atoms with Crippen molar-refractivity contribution in [1.29, 1.82) is 0 Å². The molecule has 0 fully saturated rings. The molecular formula is C14H13BrO3S. The third-order valence-electron chi connectivity index (χ3n) is 2.76. The highest BCUT2D eigenvalue weighted by atomic mass is 79.9. The molecular weight excluding hydrogens is 328 g/mol. The van der Waals surface area contributed by atoms with E-state index >= 15 is 0 Å². The van der Waals surface area contributed by atoms with E-state index in [1.165, 1.54) is 11.3 Å². The zero-order valence-corrected chi connectivity index (χ0v) is 13.0. The molecule has 0 unspecified atom stereocenters. The molecule has 1 aromatic heterocycles. The number of thiophene rings is 1. The molecule has 0 bridgehead atoms. The van der Waals surface area contributed by atoms with Gasteiger partial charge >= 0.3 is 5.97 Å². The van der Waals surface area contributed by atoms with Gasteiger partial charge in [0.2, 0.25) is 0 Å². The first-order valence-corrected chi connectivity index (χ1v) is 7.30. The van der Waals surface area contributed by atoms with Crippen molar-refractivity contribution in [3.8, 4) is 5.75 Å². The molecule has 19 heavy (non-hydrogen) atoms. The van der Waals surface area contributed by atoms with Crippen LogP contribution in [0.1, 0.15) is 25.7 Å². The summed E-state index contributed by atoms with van der Waals surface area (Å²) in [5.74, 6) is -0.0881. The first-order valence-electron chi connectivity index (χ1n) is 5.69. The maximum atomic E-state index is 10.9. The number of aryl methyl sites for hydroxylation is 2. The van der Waals surface area contributed by atoms with E-state index in [2.05, 4.69) is 15.9 Å². The van der Waals surface area contributed by atoms with Crippen molar-refractivity contribution in [3.05, 3.63) is 49.6 Å². The van der Waals surface area contributed by atoms with Gasteiger partial charge in [-0.1, -0.05) is 22.0 Å². The van der Waals surface area contributed by atoms with Crippen LogP contribution in [0.3, 0.4) is 0 Å². The number of carbonyl (C=O) groups is 1. The first-order chi connectivity index (χ1) is 8.97. The third-order valence-corrected chi connectivity index (χ3v) is 4.34. The topological polar surface area (TPSA) is 46.5 Å². The molecule has 0 aliphatic carbocycles. The second kappa shape index (κ2) is 5.75. The van der Waals surface area contributed by atoms with Crippen molar-refractivity contribution in [2.45, 2.75) is 20.5 Å². The summed E-state index contributed by atoms with van der Waals surface area (Å²) in [6.45, 7) is 4.27. The normalized spacial score (nSPS) is 10.5. The number of carboxylic acids is 1. The minimum atomic E-state index is -0.891. The van der Waals surface area contributed by atoms with E-state index in [4.69, 9.17) is 9.84 Å². The molecule has 2 rings (SSSR count). The summed E-state index contributed by atoms with van der Waals surface area (Å²) in [4.78, 5) is 12.2. The second-order valence-electron chi connectivity index (χ2n) is 4.20. The minimum Gasteiger partial charge on any atom is -0.489 e. The van der Waals surface area contributed by atoms with Crippen molar-refractivity contribution in [3.63, 3.8) is 0 Å². The van der Waals surface area contributed by atoms with Crippen LogP contribution in [0.4, 0.5) is 0 Å². The highest BCUT2D eigenvalue weighted by Crippen LogP contribution is 2.26. The summed E-state index contributed by atoms with van der Waals surface area (Å²) in [7, 11) is 0. The molecule has 0 aliphatic rings. The summed E-state index contributed by atoms with van der Waals surface area (Å²) in [5.41, 5.74) is 1.97. The van der Waals surface area contributed by atoms with E-state index < -0.39 is 5.97 Å². The zero-order valence-electron chi connectivity index (χ0n) is 10.6. The molecule has 1 N–H and O–H groups in total. The molecule has 0 radical (unpaired) electrons. The highest BCUT2D eigenvalue weighted by Gasteiger charge is 2.11. The molecule has 0 amide bonds. The summed E-state index contributed by atoms with van der Waals surface area (Å²) in [6, 6.07) is 7.52. The van der Waals surface area contributed by atoms with Gasteiger partial charge in [0.1, 0.15) is 17.2 Å². The Hall–Kier alpha value is -1.33. The van der Waals surface area contributed by atoms with Gasteiger partial charge in [-0.2, -0.15) is 0 Å². The lowest BCUT2D eigenvalue weighted by atomic mass is 10.2. The molecule has 0 atom stereocenters. The van der Waals surface area contributed by atoms with Gasteiger partial charge in [-0.25, -0.2) is 4.79 Å². The Morgan fingerprint density at radius 2 is 2.11 bits per heavy atom. The van der Waals surface area contributed by atoms with Crippen LogP contribution < -0.4 is 4.74 Å². The predicted octanol–water partition coefficient (Wildman–Crippen LogP) is 4.40. The van der Waals surface area contributed by atoms with E-state index in [-0.39, 0.29) is 0 Å². The van der Waals surface area contributed by atoms with Gasteiger partial charge in [-0.05, 0) is 37.6 Å². The fourth-order valence-electron chi connectivity index (χ4n) is 1.65. The Bertz CT molecular complexity index is 619. The maximum absolute atomic E-state index is 10.9. The van der Waals surface area contributed by atoms with Crippen molar-refractivity contribution >= 4 is 33.2 Å². The van der Waals surface area contributed by atoms with Crippen LogP contribution in [0.25, 0.3) is 0 Å². The van der Waals surface area contributed by atoms with Crippen LogP contribution in [0.15, 0.2) is 28.7 Å². The van der Waals surface area contributed by atoms with Gasteiger partial charge in [0, 0.05) is 14.9 Å². The van der Waals surface area contributed by atoms with Gasteiger partial charge in [0.25, 0.3) is 0 Å². The first kappa shape index (κ1) is 14.1. The van der Waals surface area contributed by atoms with Crippen molar-refractivity contribution in [1.82, 2.24) is 0 Å². The van der Waals surface area contributed by atoms with Gasteiger partial charge in [-0.15, -0.1) is 11.3 Å². The number of hydrogen-bond donors (Lipinski definition) is 1. The average molecular weight is 341 g/mol. The number of hydrogen-bond acceptors (Lipinski definition) is 3. The smallest absolute Gasteiger partial charge is 0.345 e. The number of aromatic carboxylic acids is 1. The van der Waals surface area contributed by atoms with Gasteiger partial charge in [0.15, 0.2) is 0 Å². The number of rotatable bonds is 4. The van der Waals surface area contributed by atoms with E-state index in [9.17, 15) is 4.79 Å². The van der Waals surface area contributed by atoms with Crippen LogP contribution in [-0.2, 0) is 6.61 Å². The minimum absolute atomic E-state index is 0.349. The van der Waals surface area contributed by atoms with E-state index in [0.29, 0.717) is 11.5 Å². The molecule has 3 nitrogen and oxygen atoms in total. The van der Waals surface area contributed by atoms with Gasteiger partial charge in [0.05, 0.1) is 0 Å². The molecule has 2 aromatic rings. The van der Waals surface area contributed by atoms with Crippen molar-refractivity contribution in [2.75, 3.05) is 0 Å². The molecule has 1 heterocycles. The molecule has 1 aromatic carbocycles. The Labute approximate surface area is 124 Å². The van der Waals surface area contributed by atoms with Crippen LogP contribution in [0.5, 0.6) is 5.75 Å². The highest BCUT2D eigenvalue weighted by molar-refractivity contribution is 9.10. The Balaban J connectivity index is 2.14. The lowest BCUT2D eigenvalue weighted by Gasteiger charge is -2.09. The fraction of sp³-hybridized carbons (Fsp3) is 0.214. The lowest BCUT2D eigenvalue weighted by molar-refractivity contribution is 0.0702. The molecule has 0 saturated heterocycles. The Kier molecular flexibility index (Phi) is 4.27. The summed E-state index contributed by atoms with van der Waals surface area (Å²) < 4.78 is 6.72. The van der Waals surface area contributed by atoms with E-state index in [0.717, 1.165) is 26.2 Å². The third kappa shape index (κ3) is 3.36. The van der Waals surface area contributed by atoms with E-state index in [1.54, 1.807) is 6.07 Å². The van der Waals surface area contributed by atoms with Crippen LogP contribution in [0.2, 0.25) is 0 Å². The summed E-state index contributed by atoms with van der Waals surface area (Å²) in [6.07, 6.45) is 0. The van der Waals surface area contributed by atoms with Gasteiger partial charge in [-0.3, -0.25) is 0 Å². The standard InChI is InChI=1S/C14H13BrO3S/c1-8-3-4-11(15)6-12(8)18-7-10-5-13(14(16)17)19-9(10)2/h3-6H,7H2,1-2H3,(H,16,17). The van der Waals surface area contributed by atoms with E-state index in [1.807, 2.05) is 32.0 Å². The van der Waals surface area contributed by atoms with Crippen LogP contribution in [-0.4, -0.2) is 11.1 Å². The number of halogens is 1. The summed E-state index contributed by atoms with van der Waals surface area (Å²) >= 11 is 4.68. The number of benzene rings is 1. The van der Waals surface area contributed by atoms with Crippen molar-refractivity contribution < 1.29 is 14.6 Å². The van der Waals surface area contributed by atoms with Crippen LogP contribution in [0, 0.1) is 13.8 Å². The Morgan fingerprint density at radius 1 is 1.37 bits per heavy atom. The molecule has 100 valence electrons. The largest absolute Gasteiger partial charge is 0.489 e. The molecule has 0 spiro atoms. The molecule has 5 heteroatoms. The number of carboxylic acid groups (broad SMARTS) is 1. The Morgan fingerprint density at radius 3 is 2.74 bits per heavy atom. The van der Waals surface area contributed by atoms with Gasteiger partial charge < -0.3 is 9.84 Å². The quantitative estimate of drug-likeness (QED) is 0.896. The molecule has 0 aliphatic heterocycles. The predicted molar refractivity (Wildman–Crippen MR) is 79.2 cm³/mol. The monoisotopic (exact) mass is 340 g/mol. The second-order valence-corrected chi connectivity index (χ2v) is 6.37. The fourth-order valence-corrected chi connectivity index (χ4v) is 2.86. The SMILES string of the molecule is Cc1ccc(Br)cc1OCc1cc(C(=O)O)sc1C. The lowest BCUT2D eigenvalue weighted by Crippen LogP contribution is -1.97. The molecule has 0 saturated carbocycles. The number of ether oxygens (including phenoxy) is 1. The zero-order chi connectivity index (χ0) is 14.0. The van der Waals surface area contributed by atoms with Crippen LogP contribution >= 0.6 is 27.3 Å². The summed E-state index contributed by atoms with van der Waals surface area (Å²) in [5, 5.41) is 8.95. The van der Waals surface area contributed by atoms with Crippen molar-refractivity contribution in [2.24, 2.45) is 0 Å². The maximum Gasteiger partial charge on any atom is 0.345 e. The average Bonchev–Trinajstić information content (AvgIpc) is 2.72.